The van der Waals surface area contributed by atoms with Crippen LogP contribution in [0.5, 0.6) is 0 Å². The number of pyridine rings is 1. The molecule has 0 saturated heterocycles. The normalized spacial score (nSPS) is 20.1. The summed E-state index contributed by atoms with van der Waals surface area (Å²) in [5, 5.41) is 0. The number of carbonyl (C=O) groups is 2. The first-order valence-electron chi connectivity index (χ1n) is 14.3. The van der Waals surface area contributed by atoms with Crippen LogP contribution in [0.15, 0.2) is 67.1 Å². The quantitative estimate of drug-likeness (QED) is 0.231. The van der Waals surface area contributed by atoms with E-state index in [9.17, 15) is 9.59 Å². The van der Waals surface area contributed by atoms with Gasteiger partial charge in [-0.3, -0.25) is 24.4 Å². The molecular formula is C32H33N5O2. The molecule has 3 aliphatic rings. The third-order valence-electron chi connectivity index (χ3n) is 8.82. The van der Waals surface area contributed by atoms with Gasteiger partial charge in [0, 0.05) is 25.3 Å². The first-order valence-corrected chi connectivity index (χ1v) is 14.3. The Labute approximate surface area is 228 Å². The third-order valence-corrected chi connectivity index (χ3v) is 8.82. The number of fused-ring (bicyclic) bond motifs is 2. The summed E-state index contributed by atoms with van der Waals surface area (Å²) in [7, 11) is 0. The van der Waals surface area contributed by atoms with Crippen LogP contribution in [0.25, 0.3) is 11.0 Å². The van der Waals surface area contributed by atoms with E-state index in [1.165, 1.54) is 27.2 Å². The van der Waals surface area contributed by atoms with Crippen LogP contribution >= 0.6 is 0 Å². The van der Waals surface area contributed by atoms with E-state index in [-0.39, 0.29) is 17.9 Å². The van der Waals surface area contributed by atoms with Crippen LogP contribution in [-0.4, -0.2) is 55.8 Å². The number of amides is 2. The predicted molar refractivity (Wildman–Crippen MR) is 150 cm³/mol. The summed E-state index contributed by atoms with van der Waals surface area (Å²) in [4.78, 5) is 39.3. The molecule has 0 fully saturated rings. The fraction of sp³-hybridized carbons (Fsp3) is 0.375. The molecule has 0 spiro atoms. The smallest absolute Gasteiger partial charge is 0.261 e. The van der Waals surface area contributed by atoms with E-state index in [1.54, 1.807) is 12.1 Å². The van der Waals surface area contributed by atoms with Crippen molar-refractivity contribution in [2.75, 3.05) is 19.6 Å². The summed E-state index contributed by atoms with van der Waals surface area (Å²) >= 11 is 0. The van der Waals surface area contributed by atoms with Gasteiger partial charge in [0.05, 0.1) is 40.2 Å². The summed E-state index contributed by atoms with van der Waals surface area (Å²) in [5.41, 5.74) is 7.38. The van der Waals surface area contributed by atoms with Crippen molar-refractivity contribution in [2.24, 2.45) is 0 Å². The van der Waals surface area contributed by atoms with E-state index in [1.807, 2.05) is 30.7 Å². The number of carbonyl (C=O) groups excluding carboxylic acids is 2. The van der Waals surface area contributed by atoms with Gasteiger partial charge in [-0.15, -0.1) is 0 Å². The first-order chi connectivity index (χ1) is 19.2. The summed E-state index contributed by atoms with van der Waals surface area (Å²) in [6.07, 6.45) is 11.2. The minimum absolute atomic E-state index is 0.164. The van der Waals surface area contributed by atoms with Gasteiger partial charge in [0.25, 0.3) is 11.8 Å². The van der Waals surface area contributed by atoms with Crippen LogP contribution in [0.1, 0.15) is 81.7 Å². The number of hydrogen-bond acceptors (Lipinski definition) is 5. The molecule has 2 atom stereocenters. The van der Waals surface area contributed by atoms with Crippen LogP contribution < -0.4 is 0 Å². The maximum Gasteiger partial charge on any atom is 0.261 e. The van der Waals surface area contributed by atoms with Crippen molar-refractivity contribution in [3.63, 3.8) is 0 Å². The highest BCUT2D eigenvalue weighted by molar-refractivity contribution is 6.21. The molecule has 0 radical (unpaired) electrons. The van der Waals surface area contributed by atoms with Crippen LogP contribution in [0.2, 0.25) is 0 Å². The molecule has 4 aromatic rings. The topological polar surface area (TPSA) is 71.3 Å². The van der Waals surface area contributed by atoms with Crippen molar-refractivity contribution in [3.8, 4) is 0 Å². The standard InChI is InChI=1S/C32H33N5O2/c38-31-25-11-1-2-12-26(25)32(39)36(31)19-4-3-18-35(28-14-6-8-22-10-7-17-33-29(22)28)20-24-16-15-23-9-5-13-27-30(23)37(24)21-34-27/h1-2,5,7,9-13,17,21,24,28H,3-4,6,8,14-16,18-20H2. The Kier molecular flexibility index (Phi) is 6.24. The van der Waals surface area contributed by atoms with E-state index in [4.69, 9.17) is 9.97 Å². The van der Waals surface area contributed by atoms with Gasteiger partial charge in [-0.05, 0) is 86.9 Å². The molecule has 1 aliphatic carbocycles. The van der Waals surface area contributed by atoms with Crippen molar-refractivity contribution in [3.05, 3.63) is 95.1 Å². The summed E-state index contributed by atoms with van der Waals surface area (Å²) in [6, 6.07) is 18.5. The monoisotopic (exact) mass is 519 g/mol. The van der Waals surface area contributed by atoms with Crippen LogP contribution in [0.3, 0.4) is 0 Å². The Balaban J connectivity index is 1.09. The maximum absolute atomic E-state index is 12.8. The van der Waals surface area contributed by atoms with Crippen LogP contribution in [0, 0.1) is 0 Å². The summed E-state index contributed by atoms with van der Waals surface area (Å²) in [6.45, 7) is 2.30. The number of nitrogens with zero attached hydrogens (tertiary/aromatic N) is 5. The highest BCUT2D eigenvalue weighted by atomic mass is 16.2. The third kappa shape index (κ3) is 4.25. The van der Waals surface area contributed by atoms with Gasteiger partial charge in [-0.1, -0.05) is 30.3 Å². The zero-order chi connectivity index (χ0) is 26.3. The Morgan fingerprint density at radius 2 is 1.67 bits per heavy atom. The lowest BCUT2D eigenvalue weighted by atomic mass is 9.90. The lowest BCUT2D eigenvalue weighted by Crippen LogP contribution is -2.38. The highest BCUT2D eigenvalue weighted by Crippen LogP contribution is 2.37. The largest absolute Gasteiger partial charge is 0.326 e. The number of para-hydroxylation sites is 1. The fourth-order valence-corrected chi connectivity index (χ4v) is 6.89. The molecule has 0 bridgehead atoms. The predicted octanol–water partition coefficient (Wildman–Crippen LogP) is 5.37. The number of imide groups is 1. The zero-order valence-corrected chi connectivity index (χ0v) is 22.1. The number of aryl methyl sites for hydroxylation is 2. The lowest BCUT2D eigenvalue weighted by molar-refractivity contribution is 0.0648. The Bertz CT molecular complexity index is 1520. The first kappa shape index (κ1) is 24.2. The second-order valence-corrected chi connectivity index (χ2v) is 11.1. The van der Waals surface area contributed by atoms with Crippen molar-refractivity contribution in [1.29, 1.82) is 0 Å². The van der Waals surface area contributed by atoms with Crippen molar-refractivity contribution in [1.82, 2.24) is 24.3 Å². The van der Waals surface area contributed by atoms with E-state index < -0.39 is 0 Å². The molecule has 198 valence electrons. The average Bonchev–Trinajstić information content (AvgIpc) is 3.52. The van der Waals surface area contributed by atoms with Crippen molar-refractivity contribution >= 4 is 22.8 Å². The molecule has 0 saturated carbocycles. The second-order valence-electron chi connectivity index (χ2n) is 11.1. The molecule has 7 rings (SSSR count). The summed E-state index contributed by atoms with van der Waals surface area (Å²) < 4.78 is 2.39. The molecular weight excluding hydrogens is 486 g/mol. The van der Waals surface area contributed by atoms with E-state index >= 15 is 0 Å². The molecule has 39 heavy (non-hydrogen) atoms. The molecule has 2 amide bonds. The van der Waals surface area contributed by atoms with Crippen LogP contribution in [-0.2, 0) is 12.8 Å². The summed E-state index contributed by atoms with van der Waals surface area (Å²) in [5.74, 6) is -0.328. The maximum atomic E-state index is 12.8. The second kappa shape index (κ2) is 10.0. The Morgan fingerprint density at radius 3 is 2.51 bits per heavy atom. The number of imidazole rings is 1. The van der Waals surface area contributed by atoms with Gasteiger partial charge in [0.1, 0.15) is 0 Å². The molecule has 7 nitrogen and oxygen atoms in total. The molecule has 2 aromatic heterocycles. The van der Waals surface area contributed by atoms with E-state index in [0.29, 0.717) is 23.7 Å². The van der Waals surface area contributed by atoms with Gasteiger partial charge >= 0.3 is 0 Å². The van der Waals surface area contributed by atoms with Crippen molar-refractivity contribution < 1.29 is 9.59 Å². The van der Waals surface area contributed by atoms with Gasteiger partial charge in [0.15, 0.2) is 0 Å². The van der Waals surface area contributed by atoms with E-state index in [0.717, 1.165) is 63.6 Å². The molecule has 0 N–H and O–H groups in total. The molecule has 2 unspecified atom stereocenters. The van der Waals surface area contributed by atoms with Gasteiger partial charge in [-0.2, -0.15) is 0 Å². The highest BCUT2D eigenvalue weighted by Gasteiger charge is 2.35. The molecule has 4 heterocycles. The number of benzene rings is 2. The molecule has 7 heteroatoms. The number of rotatable bonds is 8. The van der Waals surface area contributed by atoms with Crippen molar-refractivity contribution in [2.45, 2.75) is 57.0 Å². The van der Waals surface area contributed by atoms with Gasteiger partial charge in [0.2, 0.25) is 0 Å². The lowest BCUT2D eigenvalue weighted by Gasteiger charge is -2.38. The van der Waals surface area contributed by atoms with Gasteiger partial charge < -0.3 is 4.57 Å². The van der Waals surface area contributed by atoms with E-state index in [2.05, 4.69) is 33.7 Å². The minimum atomic E-state index is -0.164. The SMILES string of the molecule is O=C1c2ccccc2C(=O)N1CCCCN(CC1CCc2cccc3ncn1c23)C1CCCc2cccnc21. The molecule has 2 aliphatic heterocycles. The number of unbranched alkanes of at least 4 members (excludes halogenated alkanes) is 1. The number of aromatic nitrogens is 3. The minimum Gasteiger partial charge on any atom is -0.326 e. The Morgan fingerprint density at radius 1 is 0.846 bits per heavy atom. The number of hydrogen-bond donors (Lipinski definition) is 0. The Hall–Kier alpha value is -3.84. The fourth-order valence-electron chi connectivity index (χ4n) is 6.89. The average molecular weight is 520 g/mol. The zero-order valence-electron chi connectivity index (χ0n) is 22.1. The van der Waals surface area contributed by atoms with Gasteiger partial charge in [-0.25, -0.2) is 4.98 Å². The van der Waals surface area contributed by atoms with Crippen LogP contribution in [0.4, 0.5) is 0 Å². The molecule has 2 aromatic carbocycles.